The Kier molecular flexibility index (Phi) is 9.07. The molecule has 1 fully saturated rings. The van der Waals surface area contributed by atoms with Crippen molar-refractivity contribution in [3.8, 4) is 17.2 Å². The first-order chi connectivity index (χ1) is 13.5. The number of benzene rings is 2. The first-order valence-electron chi connectivity index (χ1n) is 9.24. The molecule has 2 aromatic carbocycles. The lowest BCUT2D eigenvalue weighted by Gasteiger charge is -2.11. The van der Waals surface area contributed by atoms with Crippen molar-refractivity contribution in [2.45, 2.75) is 25.9 Å². The summed E-state index contributed by atoms with van der Waals surface area (Å²) >= 11 is 5.79. The van der Waals surface area contributed by atoms with Gasteiger partial charge < -0.3 is 24.6 Å². The van der Waals surface area contributed by atoms with E-state index in [4.69, 9.17) is 31.3 Å². The van der Waals surface area contributed by atoms with Gasteiger partial charge in [0, 0.05) is 11.6 Å². The van der Waals surface area contributed by atoms with Gasteiger partial charge in [0.1, 0.15) is 17.2 Å². The number of β-amino-alcohol motifs (C(OH)–C–C–N with tert-alkyl or cyclic N) is 1. The van der Waals surface area contributed by atoms with Crippen LogP contribution in [-0.4, -0.2) is 53.4 Å². The predicted octanol–water partition coefficient (Wildman–Crippen LogP) is 4.06. The summed E-state index contributed by atoms with van der Waals surface area (Å²) in [7, 11) is 0. The number of halogens is 1. The van der Waals surface area contributed by atoms with Gasteiger partial charge in [0.2, 0.25) is 0 Å². The second kappa shape index (κ2) is 11.5. The third-order valence-electron chi connectivity index (χ3n) is 4.15. The van der Waals surface area contributed by atoms with E-state index < -0.39 is 12.1 Å². The second-order valence-electron chi connectivity index (χ2n) is 6.40. The van der Waals surface area contributed by atoms with E-state index in [0.29, 0.717) is 28.9 Å². The summed E-state index contributed by atoms with van der Waals surface area (Å²) in [6.07, 6.45) is 1.75. The zero-order chi connectivity index (χ0) is 20.4. The van der Waals surface area contributed by atoms with Crippen LogP contribution in [0.15, 0.2) is 48.5 Å². The molecule has 0 aliphatic carbocycles. The number of rotatable bonds is 7. The van der Waals surface area contributed by atoms with Crippen LogP contribution in [0.2, 0.25) is 5.02 Å². The van der Waals surface area contributed by atoms with E-state index in [2.05, 4.69) is 4.90 Å². The van der Waals surface area contributed by atoms with Crippen LogP contribution >= 0.6 is 11.6 Å². The number of hydrogen-bond acceptors (Lipinski definition) is 5. The molecule has 6 nitrogen and oxygen atoms in total. The first kappa shape index (κ1) is 22.0. The number of carboxylic acid groups (broad SMARTS) is 1. The van der Waals surface area contributed by atoms with Crippen molar-refractivity contribution in [3.63, 3.8) is 0 Å². The largest absolute Gasteiger partial charge is 0.479 e. The van der Waals surface area contributed by atoms with E-state index in [9.17, 15) is 4.79 Å². The van der Waals surface area contributed by atoms with E-state index >= 15 is 0 Å². The SMILES string of the molecule is CC(Oc1ccc(Oc2ccc(Cl)cc2)cc1)C(=O)O.OCCN1CCCC1. The molecule has 1 aliphatic rings. The van der Waals surface area contributed by atoms with Gasteiger partial charge in [-0.2, -0.15) is 0 Å². The number of aliphatic hydroxyl groups is 1. The van der Waals surface area contributed by atoms with Crippen molar-refractivity contribution in [2.75, 3.05) is 26.2 Å². The van der Waals surface area contributed by atoms with Gasteiger partial charge in [0.05, 0.1) is 6.61 Å². The van der Waals surface area contributed by atoms with E-state index in [1.807, 2.05) is 0 Å². The summed E-state index contributed by atoms with van der Waals surface area (Å²) in [4.78, 5) is 13.0. The Hall–Kier alpha value is -2.28. The summed E-state index contributed by atoms with van der Waals surface area (Å²) in [5, 5.41) is 17.9. The van der Waals surface area contributed by atoms with Crippen LogP contribution in [0.5, 0.6) is 17.2 Å². The van der Waals surface area contributed by atoms with Gasteiger partial charge >= 0.3 is 5.97 Å². The number of carboxylic acids is 1. The smallest absolute Gasteiger partial charge is 0.344 e. The molecule has 3 rings (SSSR count). The molecule has 2 N–H and O–H groups in total. The molecule has 0 aromatic heterocycles. The van der Waals surface area contributed by atoms with Crippen LogP contribution in [0, 0.1) is 0 Å². The summed E-state index contributed by atoms with van der Waals surface area (Å²) < 4.78 is 10.8. The molecule has 0 spiro atoms. The standard InChI is InChI=1S/C15H13ClO4.C6H13NO/c1-10(15(17)18)19-12-6-8-14(9-7-12)20-13-4-2-11(16)3-5-13;8-6-5-7-3-1-2-4-7/h2-10H,1H3,(H,17,18);8H,1-6H2. The maximum atomic E-state index is 10.7. The van der Waals surface area contributed by atoms with Gasteiger partial charge in [-0.05, 0) is 81.4 Å². The van der Waals surface area contributed by atoms with Crippen LogP contribution in [-0.2, 0) is 4.79 Å². The third-order valence-corrected chi connectivity index (χ3v) is 4.40. The molecule has 1 aliphatic heterocycles. The number of aliphatic carboxylic acids is 1. The third kappa shape index (κ3) is 7.76. The van der Waals surface area contributed by atoms with E-state index in [1.54, 1.807) is 48.5 Å². The Morgan fingerprint density at radius 1 is 1.04 bits per heavy atom. The molecule has 2 aromatic rings. The van der Waals surface area contributed by atoms with Crippen LogP contribution in [0.4, 0.5) is 0 Å². The monoisotopic (exact) mass is 407 g/mol. The normalized spacial score (nSPS) is 14.7. The summed E-state index contributed by atoms with van der Waals surface area (Å²) in [5.41, 5.74) is 0. The van der Waals surface area contributed by atoms with E-state index in [0.717, 1.165) is 6.54 Å². The Morgan fingerprint density at radius 2 is 1.54 bits per heavy atom. The highest BCUT2D eigenvalue weighted by Crippen LogP contribution is 2.25. The van der Waals surface area contributed by atoms with Gasteiger partial charge in [0.25, 0.3) is 0 Å². The summed E-state index contributed by atoms with van der Waals surface area (Å²) in [5.74, 6) is 0.763. The Balaban J connectivity index is 0.000000292. The van der Waals surface area contributed by atoms with Crippen molar-refractivity contribution in [3.05, 3.63) is 53.6 Å². The molecule has 1 unspecified atom stereocenters. The van der Waals surface area contributed by atoms with Crippen LogP contribution in [0.3, 0.4) is 0 Å². The number of nitrogens with zero attached hydrogens (tertiary/aromatic N) is 1. The predicted molar refractivity (Wildman–Crippen MR) is 108 cm³/mol. The lowest BCUT2D eigenvalue weighted by molar-refractivity contribution is -0.144. The number of ether oxygens (including phenoxy) is 2. The molecule has 0 radical (unpaired) electrons. The highest BCUT2D eigenvalue weighted by Gasteiger charge is 2.12. The minimum atomic E-state index is -1.01. The van der Waals surface area contributed by atoms with Gasteiger partial charge in [-0.1, -0.05) is 11.6 Å². The van der Waals surface area contributed by atoms with Gasteiger partial charge in [-0.3, -0.25) is 0 Å². The van der Waals surface area contributed by atoms with Gasteiger partial charge in [-0.25, -0.2) is 4.79 Å². The van der Waals surface area contributed by atoms with E-state index in [1.165, 1.54) is 32.9 Å². The minimum Gasteiger partial charge on any atom is -0.479 e. The average molecular weight is 408 g/mol. The Labute approximate surface area is 170 Å². The van der Waals surface area contributed by atoms with Gasteiger partial charge in [0.15, 0.2) is 6.10 Å². The maximum absolute atomic E-state index is 10.7. The molecule has 1 atom stereocenters. The molecular weight excluding hydrogens is 382 g/mol. The van der Waals surface area contributed by atoms with Crippen molar-refractivity contribution in [2.24, 2.45) is 0 Å². The van der Waals surface area contributed by atoms with Gasteiger partial charge in [-0.15, -0.1) is 0 Å². The molecule has 0 amide bonds. The number of likely N-dealkylation sites (tertiary alicyclic amines) is 1. The Morgan fingerprint density at radius 3 is 2.04 bits per heavy atom. The first-order valence-corrected chi connectivity index (χ1v) is 9.62. The lowest BCUT2D eigenvalue weighted by atomic mass is 10.3. The Bertz CT molecular complexity index is 715. The average Bonchev–Trinajstić information content (AvgIpc) is 3.19. The van der Waals surface area contributed by atoms with Crippen molar-refractivity contribution < 1.29 is 24.5 Å². The molecule has 0 bridgehead atoms. The highest BCUT2D eigenvalue weighted by molar-refractivity contribution is 6.30. The van der Waals surface area contributed by atoms with Crippen molar-refractivity contribution in [1.82, 2.24) is 4.90 Å². The zero-order valence-corrected chi connectivity index (χ0v) is 16.6. The number of hydrogen-bond donors (Lipinski definition) is 2. The highest BCUT2D eigenvalue weighted by atomic mass is 35.5. The minimum absolute atomic E-state index is 0.319. The zero-order valence-electron chi connectivity index (χ0n) is 15.9. The van der Waals surface area contributed by atoms with Crippen LogP contribution in [0.25, 0.3) is 0 Å². The fourth-order valence-electron chi connectivity index (χ4n) is 2.63. The topological polar surface area (TPSA) is 79.2 Å². The van der Waals surface area contributed by atoms with Crippen molar-refractivity contribution in [1.29, 1.82) is 0 Å². The molecule has 7 heteroatoms. The van der Waals surface area contributed by atoms with Crippen LogP contribution in [0.1, 0.15) is 19.8 Å². The molecule has 152 valence electrons. The number of aliphatic hydroxyl groups excluding tert-OH is 1. The fraction of sp³-hybridized carbons (Fsp3) is 0.381. The molecule has 0 saturated carbocycles. The van der Waals surface area contributed by atoms with Crippen LogP contribution < -0.4 is 9.47 Å². The van der Waals surface area contributed by atoms with Crippen molar-refractivity contribution >= 4 is 17.6 Å². The lowest BCUT2D eigenvalue weighted by Crippen LogP contribution is -2.22. The fourth-order valence-corrected chi connectivity index (χ4v) is 2.75. The molecular formula is C21H26ClNO5. The quantitative estimate of drug-likeness (QED) is 0.720. The molecule has 1 saturated heterocycles. The summed E-state index contributed by atoms with van der Waals surface area (Å²) in [6, 6.07) is 13.7. The van der Waals surface area contributed by atoms with E-state index in [-0.39, 0.29) is 0 Å². The maximum Gasteiger partial charge on any atom is 0.344 e. The second-order valence-corrected chi connectivity index (χ2v) is 6.83. The molecule has 28 heavy (non-hydrogen) atoms. The summed E-state index contributed by atoms with van der Waals surface area (Å²) in [6.45, 7) is 5.06. The molecule has 1 heterocycles. The number of carbonyl (C=O) groups is 1.